The molecule has 0 aliphatic rings. The number of rotatable bonds is 8. The average Bonchev–Trinajstić information content (AvgIpc) is 3.22. The largest absolute Gasteiger partial charge is 0.493 e. The number of nitrogens with one attached hydrogen (secondary N) is 2. The molecule has 9 heteroatoms. The third-order valence-electron chi connectivity index (χ3n) is 4.17. The average molecular weight is 490 g/mol. The summed E-state index contributed by atoms with van der Waals surface area (Å²) in [5, 5.41) is 7.83. The summed E-state index contributed by atoms with van der Waals surface area (Å²) in [5.41, 5.74) is 2.11. The highest BCUT2D eigenvalue weighted by Gasteiger charge is 2.12. The molecule has 156 valence electrons. The van der Waals surface area contributed by atoms with Crippen LogP contribution in [0.4, 0.5) is 5.13 Å². The molecule has 2 aromatic carbocycles. The number of aromatic nitrogens is 1. The number of hydrogen-bond donors (Lipinski definition) is 2. The molecule has 0 saturated carbocycles. The van der Waals surface area contributed by atoms with Crippen LogP contribution >= 0.6 is 27.3 Å². The van der Waals surface area contributed by atoms with E-state index in [0.29, 0.717) is 22.2 Å². The van der Waals surface area contributed by atoms with E-state index in [0.717, 1.165) is 15.7 Å². The highest BCUT2D eigenvalue weighted by Crippen LogP contribution is 2.33. The molecule has 2 amide bonds. The van der Waals surface area contributed by atoms with Crippen molar-refractivity contribution in [2.75, 3.05) is 26.1 Å². The second-order valence-corrected chi connectivity index (χ2v) is 7.94. The Morgan fingerprint density at radius 2 is 1.80 bits per heavy atom. The van der Waals surface area contributed by atoms with Crippen LogP contribution in [0.5, 0.6) is 11.5 Å². The number of carbonyl (C=O) groups is 2. The Hall–Kier alpha value is -2.91. The molecule has 0 saturated heterocycles. The van der Waals surface area contributed by atoms with Gasteiger partial charge in [0.25, 0.3) is 5.91 Å². The minimum absolute atomic E-state index is 0.146. The van der Waals surface area contributed by atoms with E-state index < -0.39 is 0 Å². The molecule has 0 aliphatic carbocycles. The fourth-order valence-corrected chi connectivity index (χ4v) is 3.63. The SMILES string of the molecule is COc1ccc(-c2csc(NC(=O)CCNC(=O)c3ccc(Br)cc3)n2)cc1OC. The fraction of sp³-hybridized carbons (Fsp3) is 0.190. The van der Waals surface area contributed by atoms with Gasteiger partial charge in [-0.3, -0.25) is 9.59 Å². The third-order valence-corrected chi connectivity index (χ3v) is 5.46. The lowest BCUT2D eigenvalue weighted by molar-refractivity contribution is -0.116. The molecule has 0 fully saturated rings. The van der Waals surface area contributed by atoms with Crippen molar-refractivity contribution in [2.24, 2.45) is 0 Å². The lowest BCUT2D eigenvalue weighted by Crippen LogP contribution is -2.27. The van der Waals surface area contributed by atoms with Crippen molar-refractivity contribution in [1.29, 1.82) is 0 Å². The normalized spacial score (nSPS) is 10.4. The van der Waals surface area contributed by atoms with E-state index in [1.807, 2.05) is 17.5 Å². The summed E-state index contributed by atoms with van der Waals surface area (Å²) in [6.07, 6.45) is 0.146. The Kier molecular flexibility index (Phi) is 7.42. The van der Waals surface area contributed by atoms with Crippen LogP contribution in [0.2, 0.25) is 0 Å². The van der Waals surface area contributed by atoms with E-state index in [1.165, 1.54) is 11.3 Å². The summed E-state index contributed by atoms with van der Waals surface area (Å²) in [6.45, 7) is 0.231. The highest BCUT2D eigenvalue weighted by atomic mass is 79.9. The molecule has 2 N–H and O–H groups in total. The van der Waals surface area contributed by atoms with Gasteiger partial charge in [-0.15, -0.1) is 11.3 Å². The molecule has 7 nitrogen and oxygen atoms in total. The van der Waals surface area contributed by atoms with Crippen molar-refractivity contribution in [1.82, 2.24) is 10.3 Å². The second kappa shape index (κ2) is 10.2. The molecule has 0 bridgehead atoms. The Labute approximate surface area is 186 Å². The fourth-order valence-electron chi connectivity index (χ4n) is 2.63. The van der Waals surface area contributed by atoms with Crippen LogP contribution in [0.3, 0.4) is 0 Å². The molecule has 0 atom stereocenters. The van der Waals surface area contributed by atoms with Crippen molar-refractivity contribution >= 4 is 44.2 Å². The topological polar surface area (TPSA) is 89.6 Å². The summed E-state index contributed by atoms with van der Waals surface area (Å²) < 4.78 is 11.5. The van der Waals surface area contributed by atoms with Gasteiger partial charge >= 0.3 is 0 Å². The minimum Gasteiger partial charge on any atom is -0.493 e. The first kappa shape index (κ1) is 21.8. The van der Waals surface area contributed by atoms with Crippen LogP contribution < -0.4 is 20.1 Å². The maximum Gasteiger partial charge on any atom is 0.251 e. The predicted octanol–water partition coefficient (Wildman–Crippen LogP) is 4.35. The number of amides is 2. The molecular formula is C21H20BrN3O4S. The number of carbonyl (C=O) groups excluding carboxylic acids is 2. The van der Waals surface area contributed by atoms with E-state index in [9.17, 15) is 9.59 Å². The zero-order valence-electron chi connectivity index (χ0n) is 16.4. The van der Waals surface area contributed by atoms with Crippen molar-refractivity contribution in [3.63, 3.8) is 0 Å². The molecular weight excluding hydrogens is 470 g/mol. The maximum atomic E-state index is 12.2. The lowest BCUT2D eigenvalue weighted by Gasteiger charge is -2.08. The van der Waals surface area contributed by atoms with Gasteiger partial charge in [-0.2, -0.15) is 0 Å². The minimum atomic E-state index is -0.223. The quantitative estimate of drug-likeness (QED) is 0.490. The molecule has 30 heavy (non-hydrogen) atoms. The Balaban J connectivity index is 1.52. The summed E-state index contributed by atoms with van der Waals surface area (Å²) in [6, 6.07) is 12.5. The molecule has 0 radical (unpaired) electrons. The lowest BCUT2D eigenvalue weighted by atomic mass is 10.1. The Morgan fingerprint density at radius 1 is 1.07 bits per heavy atom. The number of benzene rings is 2. The number of halogens is 1. The van der Waals surface area contributed by atoms with Gasteiger partial charge in [-0.25, -0.2) is 4.98 Å². The summed E-state index contributed by atoms with van der Waals surface area (Å²) in [4.78, 5) is 28.7. The first-order chi connectivity index (χ1) is 14.5. The van der Waals surface area contributed by atoms with Gasteiger partial charge in [0, 0.05) is 33.9 Å². The van der Waals surface area contributed by atoms with Crippen LogP contribution in [-0.4, -0.2) is 37.6 Å². The van der Waals surface area contributed by atoms with E-state index in [2.05, 4.69) is 31.5 Å². The molecule has 1 aromatic heterocycles. The Bertz CT molecular complexity index is 1040. The molecule has 3 rings (SSSR count). The van der Waals surface area contributed by atoms with Crippen LogP contribution in [0.1, 0.15) is 16.8 Å². The van der Waals surface area contributed by atoms with Crippen LogP contribution in [0, 0.1) is 0 Å². The third kappa shape index (κ3) is 5.58. The zero-order valence-corrected chi connectivity index (χ0v) is 18.8. The summed E-state index contributed by atoms with van der Waals surface area (Å²) in [7, 11) is 3.15. The van der Waals surface area contributed by atoms with Gasteiger partial charge in [0.05, 0.1) is 19.9 Å². The van der Waals surface area contributed by atoms with Crippen molar-refractivity contribution in [2.45, 2.75) is 6.42 Å². The molecule has 1 heterocycles. The van der Waals surface area contributed by atoms with Gasteiger partial charge in [0.1, 0.15) is 0 Å². The monoisotopic (exact) mass is 489 g/mol. The number of nitrogens with zero attached hydrogens (tertiary/aromatic N) is 1. The van der Waals surface area contributed by atoms with Crippen LogP contribution in [-0.2, 0) is 4.79 Å². The van der Waals surface area contributed by atoms with Gasteiger partial charge in [0.15, 0.2) is 16.6 Å². The summed E-state index contributed by atoms with van der Waals surface area (Å²) >= 11 is 4.65. The van der Waals surface area contributed by atoms with Gasteiger partial charge in [-0.05, 0) is 42.5 Å². The number of hydrogen-bond acceptors (Lipinski definition) is 6. The molecule has 0 unspecified atom stereocenters. The van der Waals surface area contributed by atoms with Gasteiger partial charge in [-0.1, -0.05) is 15.9 Å². The van der Waals surface area contributed by atoms with Gasteiger partial charge < -0.3 is 20.1 Å². The van der Waals surface area contributed by atoms with E-state index in [-0.39, 0.29) is 24.8 Å². The highest BCUT2D eigenvalue weighted by molar-refractivity contribution is 9.10. The van der Waals surface area contributed by atoms with Crippen molar-refractivity contribution in [3.8, 4) is 22.8 Å². The summed E-state index contributed by atoms with van der Waals surface area (Å²) in [5.74, 6) is 0.796. The molecule has 0 spiro atoms. The zero-order chi connectivity index (χ0) is 21.5. The van der Waals surface area contributed by atoms with Crippen LogP contribution in [0.25, 0.3) is 11.3 Å². The van der Waals surface area contributed by atoms with Crippen molar-refractivity contribution in [3.05, 3.63) is 57.9 Å². The van der Waals surface area contributed by atoms with E-state index in [4.69, 9.17) is 9.47 Å². The number of methoxy groups -OCH3 is 2. The smallest absolute Gasteiger partial charge is 0.251 e. The number of ether oxygens (including phenoxy) is 2. The van der Waals surface area contributed by atoms with E-state index in [1.54, 1.807) is 44.6 Å². The second-order valence-electron chi connectivity index (χ2n) is 6.17. The molecule has 0 aliphatic heterocycles. The van der Waals surface area contributed by atoms with Crippen molar-refractivity contribution < 1.29 is 19.1 Å². The first-order valence-corrected chi connectivity index (χ1v) is 10.7. The predicted molar refractivity (Wildman–Crippen MR) is 120 cm³/mol. The van der Waals surface area contributed by atoms with Gasteiger partial charge in [0.2, 0.25) is 5.91 Å². The molecule has 3 aromatic rings. The number of anilines is 1. The standard InChI is InChI=1S/C21H20BrN3O4S/c1-28-17-8-5-14(11-18(17)29-2)16-12-30-21(24-16)25-19(26)9-10-23-20(27)13-3-6-15(22)7-4-13/h3-8,11-12H,9-10H2,1-2H3,(H,23,27)(H,24,25,26). The first-order valence-electron chi connectivity index (χ1n) is 9.01. The number of thiazole rings is 1. The van der Waals surface area contributed by atoms with E-state index >= 15 is 0 Å². The van der Waals surface area contributed by atoms with Crippen LogP contribution in [0.15, 0.2) is 52.3 Å². The maximum absolute atomic E-state index is 12.2. The Morgan fingerprint density at radius 3 is 2.50 bits per heavy atom.